The van der Waals surface area contributed by atoms with E-state index < -0.39 is 5.97 Å². The number of aromatic nitrogens is 1. The Labute approximate surface area is 93.6 Å². The molecule has 0 saturated heterocycles. The van der Waals surface area contributed by atoms with Gasteiger partial charge in [0.1, 0.15) is 0 Å². The molecule has 0 fully saturated rings. The van der Waals surface area contributed by atoms with Crippen LogP contribution < -0.4 is 4.90 Å². The molecule has 0 aromatic carbocycles. The maximum absolute atomic E-state index is 10.5. The Morgan fingerprint density at radius 3 is 2.80 bits per heavy atom. The van der Waals surface area contributed by atoms with Crippen LogP contribution in [0.3, 0.4) is 0 Å². The molecule has 1 aromatic rings. The molecule has 0 amide bonds. The van der Waals surface area contributed by atoms with Crippen LogP contribution in [0, 0.1) is 6.92 Å². The third-order valence-corrected chi connectivity index (χ3v) is 2.99. The molecule has 1 N–H and O–H groups in total. The van der Waals surface area contributed by atoms with Crippen LogP contribution in [0.1, 0.15) is 25.5 Å². The average Bonchev–Trinajstić information content (AvgIpc) is 2.59. The Morgan fingerprint density at radius 1 is 1.60 bits per heavy atom. The van der Waals surface area contributed by atoms with Gasteiger partial charge in [0.15, 0.2) is 5.13 Å². The van der Waals surface area contributed by atoms with Crippen molar-refractivity contribution in [2.24, 2.45) is 0 Å². The second-order valence-corrected chi connectivity index (χ2v) is 4.24. The number of nitrogens with zero attached hydrogens (tertiary/aromatic N) is 2. The lowest BCUT2D eigenvalue weighted by molar-refractivity contribution is -0.136. The number of aliphatic carboxylic acids is 1. The van der Waals surface area contributed by atoms with E-state index in [1.807, 2.05) is 17.2 Å². The summed E-state index contributed by atoms with van der Waals surface area (Å²) in [5, 5.41) is 11.6. The van der Waals surface area contributed by atoms with Crippen LogP contribution >= 0.6 is 11.3 Å². The number of hydrogen-bond acceptors (Lipinski definition) is 4. The maximum atomic E-state index is 10.5. The minimum Gasteiger partial charge on any atom is -0.481 e. The summed E-state index contributed by atoms with van der Waals surface area (Å²) in [5.74, 6) is -0.760. The van der Waals surface area contributed by atoms with Gasteiger partial charge in [-0.05, 0) is 13.3 Å². The van der Waals surface area contributed by atoms with Gasteiger partial charge < -0.3 is 10.0 Å². The van der Waals surface area contributed by atoms with Crippen molar-refractivity contribution in [1.29, 1.82) is 0 Å². The van der Waals surface area contributed by atoms with Gasteiger partial charge in [-0.2, -0.15) is 0 Å². The average molecular weight is 228 g/mol. The molecule has 0 atom stereocenters. The second-order valence-electron chi connectivity index (χ2n) is 3.40. The van der Waals surface area contributed by atoms with Crippen molar-refractivity contribution < 1.29 is 9.90 Å². The molecule has 84 valence electrons. The van der Waals surface area contributed by atoms with E-state index in [9.17, 15) is 4.79 Å². The normalized spacial score (nSPS) is 10.3. The lowest BCUT2D eigenvalue weighted by Crippen LogP contribution is -2.26. The van der Waals surface area contributed by atoms with Gasteiger partial charge in [-0.15, -0.1) is 11.3 Å². The first-order valence-electron chi connectivity index (χ1n) is 5.02. The highest BCUT2D eigenvalue weighted by atomic mass is 32.1. The van der Waals surface area contributed by atoms with Crippen molar-refractivity contribution in [1.82, 2.24) is 4.98 Å². The van der Waals surface area contributed by atoms with Crippen LogP contribution in [0.4, 0.5) is 5.13 Å². The molecule has 0 saturated carbocycles. The van der Waals surface area contributed by atoms with Crippen LogP contribution in [0.5, 0.6) is 0 Å². The molecular formula is C10H16N2O2S. The first-order chi connectivity index (χ1) is 7.13. The van der Waals surface area contributed by atoms with Crippen molar-refractivity contribution in [3.63, 3.8) is 0 Å². The third-order valence-electron chi connectivity index (χ3n) is 1.97. The van der Waals surface area contributed by atoms with E-state index in [1.165, 1.54) is 0 Å². The minimum atomic E-state index is -0.760. The third kappa shape index (κ3) is 3.87. The summed E-state index contributed by atoms with van der Waals surface area (Å²) in [6.45, 7) is 5.42. The molecule has 0 spiro atoms. The highest BCUT2D eigenvalue weighted by molar-refractivity contribution is 7.13. The number of aryl methyl sites for hydroxylation is 1. The summed E-state index contributed by atoms with van der Waals surface area (Å²) in [6.07, 6.45) is 1.16. The smallest absolute Gasteiger partial charge is 0.305 e. The molecule has 15 heavy (non-hydrogen) atoms. The zero-order valence-corrected chi connectivity index (χ0v) is 9.88. The van der Waals surface area contributed by atoms with Gasteiger partial charge in [0.05, 0.1) is 12.1 Å². The molecule has 0 radical (unpaired) electrons. The fourth-order valence-corrected chi connectivity index (χ4v) is 2.15. The predicted molar refractivity (Wildman–Crippen MR) is 61.6 cm³/mol. The number of carboxylic acids is 1. The second kappa shape index (κ2) is 5.70. The van der Waals surface area contributed by atoms with Gasteiger partial charge in [-0.3, -0.25) is 4.79 Å². The molecule has 1 aromatic heterocycles. The van der Waals surface area contributed by atoms with Gasteiger partial charge in [0, 0.05) is 18.5 Å². The molecule has 0 unspecified atom stereocenters. The summed E-state index contributed by atoms with van der Waals surface area (Å²) in [6, 6.07) is 0. The summed E-state index contributed by atoms with van der Waals surface area (Å²) >= 11 is 1.57. The van der Waals surface area contributed by atoms with Crippen LogP contribution in [-0.4, -0.2) is 29.1 Å². The van der Waals surface area contributed by atoms with E-state index in [0.29, 0.717) is 6.54 Å². The van der Waals surface area contributed by atoms with E-state index in [4.69, 9.17) is 5.11 Å². The standard InChI is InChI=1S/C10H16N2O2S/c1-3-5-12(6-4-9(13)14)10-11-8(2)7-15-10/h7H,3-6H2,1-2H3,(H,13,14). The highest BCUT2D eigenvalue weighted by Gasteiger charge is 2.10. The molecule has 1 heterocycles. The Bertz CT molecular complexity index is 325. The van der Waals surface area contributed by atoms with Crippen LogP contribution in [0.2, 0.25) is 0 Å². The van der Waals surface area contributed by atoms with Crippen molar-refractivity contribution in [2.45, 2.75) is 26.7 Å². The van der Waals surface area contributed by atoms with E-state index in [-0.39, 0.29) is 6.42 Å². The number of hydrogen-bond donors (Lipinski definition) is 1. The summed E-state index contributed by atoms with van der Waals surface area (Å²) in [7, 11) is 0. The Balaban J connectivity index is 2.60. The summed E-state index contributed by atoms with van der Waals surface area (Å²) in [4.78, 5) is 16.9. The van der Waals surface area contributed by atoms with Crippen LogP contribution in [0.15, 0.2) is 5.38 Å². The van der Waals surface area contributed by atoms with Crippen molar-refractivity contribution in [3.05, 3.63) is 11.1 Å². The topological polar surface area (TPSA) is 53.4 Å². The fourth-order valence-electron chi connectivity index (χ4n) is 1.29. The maximum Gasteiger partial charge on any atom is 0.305 e. The first-order valence-corrected chi connectivity index (χ1v) is 5.90. The molecule has 0 aliphatic heterocycles. The quantitative estimate of drug-likeness (QED) is 0.810. The highest BCUT2D eigenvalue weighted by Crippen LogP contribution is 2.20. The molecule has 4 nitrogen and oxygen atoms in total. The lowest BCUT2D eigenvalue weighted by atomic mass is 10.3. The number of anilines is 1. The monoisotopic (exact) mass is 228 g/mol. The number of carbonyl (C=O) groups is 1. The number of carboxylic acid groups (broad SMARTS) is 1. The van der Waals surface area contributed by atoms with E-state index >= 15 is 0 Å². The van der Waals surface area contributed by atoms with E-state index in [2.05, 4.69) is 11.9 Å². The van der Waals surface area contributed by atoms with Crippen molar-refractivity contribution >= 4 is 22.4 Å². The zero-order chi connectivity index (χ0) is 11.3. The Kier molecular flexibility index (Phi) is 4.55. The molecule has 0 aliphatic carbocycles. The number of thiazole rings is 1. The molecular weight excluding hydrogens is 212 g/mol. The Morgan fingerprint density at radius 2 is 2.33 bits per heavy atom. The van der Waals surface area contributed by atoms with Gasteiger partial charge in [0.2, 0.25) is 0 Å². The Hall–Kier alpha value is -1.10. The van der Waals surface area contributed by atoms with Crippen molar-refractivity contribution in [2.75, 3.05) is 18.0 Å². The summed E-state index contributed by atoms with van der Waals surface area (Å²) < 4.78 is 0. The molecule has 0 bridgehead atoms. The van der Waals surface area contributed by atoms with Gasteiger partial charge in [-0.1, -0.05) is 6.92 Å². The lowest BCUT2D eigenvalue weighted by Gasteiger charge is -2.19. The molecule has 1 rings (SSSR count). The zero-order valence-electron chi connectivity index (χ0n) is 9.06. The van der Waals surface area contributed by atoms with Gasteiger partial charge in [0.25, 0.3) is 0 Å². The van der Waals surface area contributed by atoms with Gasteiger partial charge >= 0.3 is 5.97 Å². The number of rotatable bonds is 6. The first kappa shape index (κ1) is 12.0. The SMILES string of the molecule is CCCN(CCC(=O)O)c1nc(C)cs1. The predicted octanol–water partition coefficient (Wildman–Crippen LogP) is 2.14. The van der Waals surface area contributed by atoms with Crippen molar-refractivity contribution in [3.8, 4) is 0 Å². The molecule has 0 aliphatic rings. The largest absolute Gasteiger partial charge is 0.481 e. The van der Waals surface area contributed by atoms with Crippen LogP contribution in [-0.2, 0) is 4.79 Å². The minimum absolute atomic E-state index is 0.165. The van der Waals surface area contributed by atoms with E-state index in [0.717, 1.165) is 23.8 Å². The van der Waals surface area contributed by atoms with Gasteiger partial charge in [-0.25, -0.2) is 4.98 Å². The molecule has 5 heteroatoms. The van der Waals surface area contributed by atoms with E-state index in [1.54, 1.807) is 11.3 Å². The van der Waals surface area contributed by atoms with Crippen LogP contribution in [0.25, 0.3) is 0 Å². The fraction of sp³-hybridized carbons (Fsp3) is 0.600. The summed E-state index contributed by atoms with van der Waals surface area (Å²) in [5.41, 5.74) is 0.992.